The number of terminal acetylenes is 1. The van der Waals surface area contributed by atoms with Crippen molar-refractivity contribution in [3.05, 3.63) is 29.6 Å². The van der Waals surface area contributed by atoms with Crippen LogP contribution in [0.1, 0.15) is 37.1 Å². The summed E-state index contributed by atoms with van der Waals surface area (Å²) in [6.45, 7) is 2.20. The fourth-order valence-electron chi connectivity index (χ4n) is 1.86. The lowest BCUT2D eigenvalue weighted by Crippen LogP contribution is -2.21. The van der Waals surface area contributed by atoms with E-state index < -0.39 is 0 Å². The molecule has 2 nitrogen and oxygen atoms in total. The highest BCUT2D eigenvalue weighted by atomic mass is 15.0. The second-order valence-electron chi connectivity index (χ2n) is 3.81. The van der Waals surface area contributed by atoms with Gasteiger partial charge >= 0.3 is 0 Å². The minimum absolute atomic E-state index is 0.414. The molecule has 1 aliphatic heterocycles. The zero-order valence-corrected chi connectivity index (χ0v) is 8.33. The summed E-state index contributed by atoms with van der Waals surface area (Å²) in [7, 11) is 0. The van der Waals surface area contributed by atoms with Crippen LogP contribution in [0.2, 0.25) is 0 Å². The Balaban J connectivity index is 2.14. The molecular formula is C12H14N2. The Morgan fingerprint density at radius 3 is 2.86 bits per heavy atom. The van der Waals surface area contributed by atoms with Crippen LogP contribution in [0.15, 0.2) is 18.3 Å². The number of nitrogens with zero attached hydrogens (tertiary/aromatic N) is 1. The van der Waals surface area contributed by atoms with Crippen LogP contribution in [0, 0.1) is 12.3 Å². The van der Waals surface area contributed by atoms with Crippen molar-refractivity contribution in [3.63, 3.8) is 0 Å². The minimum atomic E-state index is 0.414. The van der Waals surface area contributed by atoms with E-state index in [1.807, 2.05) is 12.1 Å². The largest absolute Gasteiger partial charge is 0.306 e. The van der Waals surface area contributed by atoms with Crippen LogP contribution < -0.4 is 5.32 Å². The lowest BCUT2D eigenvalue weighted by molar-refractivity contribution is 0.573. The summed E-state index contributed by atoms with van der Waals surface area (Å²) in [5.74, 6) is 2.57. The van der Waals surface area contributed by atoms with E-state index in [-0.39, 0.29) is 0 Å². The quantitative estimate of drug-likeness (QED) is 0.677. The van der Waals surface area contributed by atoms with Crippen molar-refractivity contribution in [2.45, 2.75) is 31.8 Å². The fourth-order valence-corrected chi connectivity index (χ4v) is 1.86. The van der Waals surface area contributed by atoms with Gasteiger partial charge in [-0.1, -0.05) is 5.92 Å². The molecule has 0 amide bonds. The number of hydrogen-bond donors (Lipinski definition) is 1. The van der Waals surface area contributed by atoms with Crippen LogP contribution in [0.4, 0.5) is 0 Å². The average Bonchev–Trinajstić information content (AvgIpc) is 2.65. The fraction of sp³-hybridized carbons (Fsp3) is 0.417. The van der Waals surface area contributed by atoms with Crippen molar-refractivity contribution < 1.29 is 0 Å². The third kappa shape index (κ3) is 1.78. The van der Waals surface area contributed by atoms with E-state index in [2.05, 4.69) is 23.1 Å². The summed E-state index contributed by atoms with van der Waals surface area (Å²) in [6, 6.07) is 4.99. The molecule has 1 fully saturated rings. The van der Waals surface area contributed by atoms with E-state index in [0.29, 0.717) is 12.1 Å². The molecule has 1 aliphatic rings. The van der Waals surface area contributed by atoms with Crippen molar-refractivity contribution in [2.24, 2.45) is 0 Å². The highest BCUT2D eigenvalue weighted by Crippen LogP contribution is 2.24. The molecule has 0 aliphatic carbocycles. The van der Waals surface area contributed by atoms with Gasteiger partial charge in [0.2, 0.25) is 0 Å². The molecule has 1 aromatic heterocycles. The summed E-state index contributed by atoms with van der Waals surface area (Å²) in [5, 5.41) is 3.49. The molecule has 1 aromatic rings. The Bertz CT molecular complexity index is 348. The van der Waals surface area contributed by atoms with Crippen molar-refractivity contribution in [1.82, 2.24) is 10.3 Å². The van der Waals surface area contributed by atoms with Crippen molar-refractivity contribution in [3.8, 4) is 12.3 Å². The standard InChI is InChI=1S/C12H14N2/c1-3-10-5-7-11(13-8-10)12-6-4-9(2)14-12/h1,5,7-9,12,14H,4,6H2,2H3/t9-,12-/m0/s1. The highest BCUT2D eigenvalue weighted by molar-refractivity contribution is 5.30. The second kappa shape index (κ2) is 3.81. The highest BCUT2D eigenvalue weighted by Gasteiger charge is 2.22. The average molecular weight is 186 g/mol. The molecule has 2 heteroatoms. The number of hydrogen-bond acceptors (Lipinski definition) is 2. The van der Waals surface area contributed by atoms with Crippen molar-refractivity contribution in [2.75, 3.05) is 0 Å². The van der Waals surface area contributed by atoms with Crippen LogP contribution in [0.25, 0.3) is 0 Å². The Morgan fingerprint density at radius 2 is 2.36 bits per heavy atom. The predicted molar refractivity (Wildman–Crippen MR) is 56.7 cm³/mol. The molecule has 0 saturated carbocycles. The first-order valence-electron chi connectivity index (χ1n) is 4.98. The first-order valence-corrected chi connectivity index (χ1v) is 4.98. The van der Waals surface area contributed by atoms with Gasteiger partial charge in [-0.05, 0) is 31.9 Å². The maximum absolute atomic E-state index is 5.27. The molecule has 14 heavy (non-hydrogen) atoms. The number of aromatic nitrogens is 1. The zero-order chi connectivity index (χ0) is 9.97. The van der Waals surface area contributed by atoms with E-state index in [0.717, 1.165) is 11.3 Å². The van der Waals surface area contributed by atoms with Gasteiger partial charge in [0.05, 0.1) is 5.69 Å². The third-order valence-corrected chi connectivity index (χ3v) is 2.68. The molecule has 0 spiro atoms. The van der Waals surface area contributed by atoms with Crippen LogP contribution >= 0.6 is 0 Å². The number of pyridine rings is 1. The lowest BCUT2D eigenvalue weighted by Gasteiger charge is -2.10. The van der Waals surface area contributed by atoms with Gasteiger partial charge in [-0.15, -0.1) is 6.42 Å². The van der Waals surface area contributed by atoms with E-state index in [9.17, 15) is 0 Å². The topological polar surface area (TPSA) is 24.9 Å². The number of nitrogens with one attached hydrogen (secondary N) is 1. The minimum Gasteiger partial charge on any atom is -0.306 e. The van der Waals surface area contributed by atoms with E-state index >= 15 is 0 Å². The van der Waals surface area contributed by atoms with Crippen LogP contribution in [-0.4, -0.2) is 11.0 Å². The normalized spacial score (nSPS) is 26.0. The van der Waals surface area contributed by atoms with Gasteiger partial charge in [-0.25, -0.2) is 0 Å². The summed E-state index contributed by atoms with van der Waals surface area (Å²) >= 11 is 0. The number of rotatable bonds is 1. The molecule has 0 radical (unpaired) electrons. The summed E-state index contributed by atoms with van der Waals surface area (Å²) in [4.78, 5) is 4.36. The van der Waals surface area contributed by atoms with Crippen molar-refractivity contribution >= 4 is 0 Å². The first kappa shape index (κ1) is 9.23. The monoisotopic (exact) mass is 186 g/mol. The molecule has 2 heterocycles. The van der Waals surface area contributed by atoms with Gasteiger partial charge in [0.1, 0.15) is 0 Å². The molecule has 1 saturated heterocycles. The smallest absolute Gasteiger partial charge is 0.0574 e. The molecule has 2 atom stereocenters. The molecule has 0 unspecified atom stereocenters. The van der Waals surface area contributed by atoms with E-state index in [4.69, 9.17) is 6.42 Å². The Labute approximate surface area is 84.7 Å². The van der Waals surface area contributed by atoms with E-state index in [1.165, 1.54) is 12.8 Å². The Hall–Kier alpha value is -1.33. The predicted octanol–water partition coefficient (Wildman–Crippen LogP) is 1.88. The van der Waals surface area contributed by atoms with Crippen LogP contribution in [0.3, 0.4) is 0 Å². The summed E-state index contributed by atoms with van der Waals surface area (Å²) in [5.41, 5.74) is 1.95. The molecular weight excluding hydrogens is 172 g/mol. The summed E-state index contributed by atoms with van der Waals surface area (Å²) in [6.07, 6.45) is 9.43. The Morgan fingerprint density at radius 1 is 1.50 bits per heavy atom. The Kier molecular flexibility index (Phi) is 2.51. The van der Waals surface area contributed by atoms with Crippen LogP contribution in [0.5, 0.6) is 0 Å². The van der Waals surface area contributed by atoms with E-state index in [1.54, 1.807) is 6.20 Å². The van der Waals surface area contributed by atoms with Gasteiger partial charge in [0.25, 0.3) is 0 Å². The third-order valence-electron chi connectivity index (χ3n) is 2.68. The SMILES string of the molecule is C#Cc1ccc([C@@H]2CC[C@H](C)N2)nc1. The zero-order valence-electron chi connectivity index (χ0n) is 8.33. The molecule has 2 rings (SSSR count). The van der Waals surface area contributed by atoms with Crippen molar-refractivity contribution in [1.29, 1.82) is 0 Å². The summed E-state index contributed by atoms with van der Waals surface area (Å²) < 4.78 is 0. The molecule has 0 bridgehead atoms. The lowest BCUT2D eigenvalue weighted by atomic mass is 10.1. The maximum Gasteiger partial charge on any atom is 0.0574 e. The molecule has 0 aromatic carbocycles. The second-order valence-corrected chi connectivity index (χ2v) is 3.81. The first-order chi connectivity index (χ1) is 6.79. The van der Waals surface area contributed by atoms with Gasteiger partial charge in [0, 0.05) is 23.8 Å². The van der Waals surface area contributed by atoms with Gasteiger partial charge < -0.3 is 5.32 Å². The van der Waals surface area contributed by atoms with Gasteiger partial charge in [-0.2, -0.15) is 0 Å². The van der Waals surface area contributed by atoms with Crippen LogP contribution in [-0.2, 0) is 0 Å². The van der Waals surface area contributed by atoms with Gasteiger partial charge in [-0.3, -0.25) is 4.98 Å². The van der Waals surface area contributed by atoms with Gasteiger partial charge in [0.15, 0.2) is 0 Å². The molecule has 72 valence electrons. The maximum atomic E-state index is 5.27. The molecule has 1 N–H and O–H groups in total.